The summed E-state index contributed by atoms with van der Waals surface area (Å²) in [5, 5.41) is 11.9. The van der Waals surface area contributed by atoms with Gasteiger partial charge < -0.3 is 9.52 Å². The van der Waals surface area contributed by atoms with E-state index >= 15 is 0 Å². The summed E-state index contributed by atoms with van der Waals surface area (Å²) in [6.07, 6.45) is 1.61. The van der Waals surface area contributed by atoms with E-state index in [0.29, 0.717) is 6.54 Å². The van der Waals surface area contributed by atoms with Gasteiger partial charge in [0.05, 0.1) is 12.8 Å². The van der Waals surface area contributed by atoms with Gasteiger partial charge in [-0.3, -0.25) is 10.1 Å². The summed E-state index contributed by atoms with van der Waals surface area (Å²) in [5.74, 6) is 0.0221. The van der Waals surface area contributed by atoms with Crippen molar-refractivity contribution >= 4 is 5.97 Å². The van der Waals surface area contributed by atoms with Crippen LogP contribution in [0.2, 0.25) is 0 Å². The largest absolute Gasteiger partial charge is 0.480 e. The minimum absolute atomic E-state index is 0.0535. The molecule has 0 aliphatic heterocycles. The first-order chi connectivity index (χ1) is 7.02. The number of furan rings is 1. The van der Waals surface area contributed by atoms with Crippen LogP contribution in [-0.4, -0.2) is 17.1 Å². The maximum Gasteiger partial charge on any atom is 0.320 e. The number of carboxylic acids is 1. The third-order valence-corrected chi connectivity index (χ3v) is 2.38. The molecule has 0 saturated carbocycles. The zero-order valence-corrected chi connectivity index (χ0v) is 9.28. The SMILES string of the molecule is Cc1ccoc1CNC(C(=O)O)C(C)C. The molecule has 0 aromatic carbocycles. The van der Waals surface area contributed by atoms with Gasteiger partial charge in [-0.1, -0.05) is 13.8 Å². The second kappa shape index (κ2) is 4.98. The molecule has 1 heterocycles. The van der Waals surface area contributed by atoms with Crippen molar-refractivity contribution in [3.05, 3.63) is 23.7 Å². The number of aliphatic carboxylic acids is 1. The second-order valence-electron chi connectivity index (χ2n) is 3.97. The van der Waals surface area contributed by atoms with Crippen LogP contribution >= 0.6 is 0 Å². The van der Waals surface area contributed by atoms with Crippen LogP contribution in [0.5, 0.6) is 0 Å². The Morgan fingerprint density at radius 3 is 2.67 bits per heavy atom. The van der Waals surface area contributed by atoms with E-state index in [1.54, 1.807) is 6.26 Å². The molecule has 4 nitrogen and oxygen atoms in total. The van der Waals surface area contributed by atoms with Crippen LogP contribution < -0.4 is 5.32 Å². The molecular weight excluding hydrogens is 194 g/mol. The van der Waals surface area contributed by atoms with Crippen molar-refractivity contribution in [1.29, 1.82) is 0 Å². The Kier molecular flexibility index (Phi) is 3.91. The summed E-state index contributed by atoms with van der Waals surface area (Å²) in [6, 6.07) is 1.33. The average Bonchev–Trinajstić information content (AvgIpc) is 2.51. The lowest BCUT2D eigenvalue weighted by Crippen LogP contribution is -2.40. The van der Waals surface area contributed by atoms with Crippen LogP contribution in [-0.2, 0) is 11.3 Å². The van der Waals surface area contributed by atoms with Gasteiger partial charge in [0.25, 0.3) is 0 Å². The van der Waals surface area contributed by atoms with Crippen LogP contribution in [0.1, 0.15) is 25.2 Å². The van der Waals surface area contributed by atoms with Crippen molar-refractivity contribution in [1.82, 2.24) is 5.32 Å². The Bertz CT molecular complexity index is 330. The molecule has 4 heteroatoms. The van der Waals surface area contributed by atoms with Gasteiger partial charge in [-0.25, -0.2) is 0 Å². The molecule has 0 fully saturated rings. The van der Waals surface area contributed by atoms with Crippen molar-refractivity contribution < 1.29 is 14.3 Å². The number of carbonyl (C=O) groups is 1. The van der Waals surface area contributed by atoms with E-state index in [4.69, 9.17) is 9.52 Å². The Balaban J connectivity index is 2.55. The molecule has 1 rings (SSSR count). The molecule has 0 spiro atoms. The molecule has 1 unspecified atom stereocenters. The summed E-state index contributed by atoms with van der Waals surface area (Å²) >= 11 is 0. The molecule has 0 aliphatic carbocycles. The van der Waals surface area contributed by atoms with Gasteiger partial charge in [0.1, 0.15) is 11.8 Å². The van der Waals surface area contributed by atoms with Crippen LogP contribution in [0.15, 0.2) is 16.7 Å². The van der Waals surface area contributed by atoms with Gasteiger partial charge >= 0.3 is 5.97 Å². The predicted octanol–water partition coefficient (Wildman–Crippen LogP) is 1.79. The highest BCUT2D eigenvalue weighted by Crippen LogP contribution is 2.10. The van der Waals surface area contributed by atoms with Crippen molar-refractivity contribution in [2.75, 3.05) is 0 Å². The van der Waals surface area contributed by atoms with E-state index in [2.05, 4.69) is 5.32 Å². The quantitative estimate of drug-likeness (QED) is 0.779. The summed E-state index contributed by atoms with van der Waals surface area (Å²) in [7, 11) is 0. The fourth-order valence-electron chi connectivity index (χ4n) is 1.40. The first-order valence-electron chi connectivity index (χ1n) is 5.01. The molecule has 0 saturated heterocycles. The highest BCUT2D eigenvalue weighted by atomic mass is 16.4. The minimum Gasteiger partial charge on any atom is -0.480 e. The van der Waals surface area contributed by atoms with E-state index in [-0.39, 0.29) is 5.92 Å². The van der Waals surface area contributed by atoms with Crippen molar-refractivity contribution in [3.8, 4) is 0 Å². The lowest BCUT2D eigenvalue weighted by atomic mass is 10.0. The van der Waals surface area contributed by atoms with Crippen LogP contribution in [0.3, 0.4) is 0 Å². The molecule has 2 N–H and O–H groups in total. The van der Waals surface area contributed by atoms with Gasteiger partial charge in [0, 0.05) is 0 Å². The monoisotopic (exact) mass is 211 g/mol. The molecule has 1 atom stereocenters. The highest BCUT2D eigenvalue weighted by molar-refractivity contribution is 5.73. The van der Waals surface area contributed by atoms with Crippen LogP contribution in [0.4, 0.5) is 0 Å². The van der Waals surface area contributed by atoms with E-state index in [1.165, 1.54) is 0 Å². The van der Waals surface area contributed by atoms with E-state index < -0.39 is 12.0 Å². The second-order valence-corrected chi connectivity index (χ2v) is 3.97. The maximum atomic E-state index is 10.9. The Hall–Kier alpha value is -1.29. The predicted molar refractivity (Wildman–Crippen MR) is 56.5 cm³/mol. The normalized spacial score (nSPS) is 13.1. The molecule has 1 aromatic rings. The molecule has 0 bridgehead atoms. The molecule has 84 valence electrons. The first-order valence-corrected chi connectivity index (χ1v) is 5.01. The average molecular weight is 211 g/mol. The lowest BCUT2D eigenvalue weighted by Gasteiger charge is -2.17. The Morgan fingerprint density at radius 1 is 1.60 bits per heavy atom. The summed E-state index contributed by atoms with van der Waals surface area (Å²) < 4.78 is 5.22. The number of carboxylic acid groups (broad SMARTS) is 1. The van der Waals surface area contributed by atoms with Crippen molar-refractivity contribution in [2.45, 2.75) is 33.4 Å². The standard InChI is InChI=1S/C11H17NO3/c1-7(2)10(11(13)14)12-6-9-8(3)4-5-15-9/h4-5,7,10,12H,6H2,1-3H3,(H,13,14). The fourth-order valence-corrected chi connectivity index (χ4v) is 1.40. The summed E-state index contributed by atoms with van der Waals surface area (Å²) in [5.41, 5.74) is 1.04. The van der Waals surface area contributed by atoms with Gasteiger partial charge in [-0.2, -0.15) is 0 Å². The van der Waals surface area contributed by atoms with Gasteiger partial charge in [0.15, 0.2) is 0 Å². The minimum atomic E-state index is -0.825. The summed E-state index contributed by atoms with van der Waals surface area (Å²) in [6.45, 7) is 6.14. The Labute approximate surface area is 89.3 Å². The molecule has 0 aliphatic rings. The summed E-state index contributed by atoms with van der Waals surface area (Å²) in [4.78, 5) is 10.9. The zero-order chi connectivity index (χ0) is 11.4. The molecule has 15 heavy (non-hydrogen) atoms. The molecule has 0 amide bonds. The lowest BCUT2D eigenvalue weighted by molar-refractivity contribution is -0.140. The van der Waals surface area contributed by atoms with Crippen molar-refractivity contribution in [2.24, 2.45) is 5.92 Å². The number of hydrogen-bond donors (Lipinski definition) is 2. The highest BCUT2D eigenvalue weighted by Gasteiger charge is 2.20. The van der Waals surface area contributed by atoms with Crippen LogP contribution in [0.25, 0.3) is 0 Å². The molecular formula is C11H17NO3. The number of rotatable bonds is 5. The first kappa shape index (κ1) is 11.8. The third-order valence-electron chi connectivity index (χ3n) is 2.38. The van der Waals surface area contributed by atoms with Gasteiger partial charge in [-0.05, 0) is 24.5 Å². The van der Waals surface area contributed by atoms with E-state index in [9.17, 15) is 4.79 Å². The van der Waals surface area contributed by atoms with E-state index in [0.717, 1.165) is 11.3 Å². The van der Waals surface area contributed by atoms with Crippen LogP contribution in [0, 0.1) is 12.8 Å². The smallest absolute Gasteiger partial charge is 0.320 e. The maximum absolute atomic E-state index is 10.9. The molecule has 0 radical (unpaired) electrons. The van der Waals surface area contributed by atoms with Gasteiger partial charge in [0.2, 0.25) is 0 Å². The number of hydrogen-bond acceptors (Lipinski definition) is 3. The Morgan fingerprint density at radius 2 is 2.27 bits per heavy atom. The number of nitrogens with one attached hydrogen (secondary N) is 1. The number of aryl methyl sites for hydroxylation is 1. The van der Waals surface area contributed by atoms with Gasteiger partial charge in [-0.15, -0.1) is 0 Å². The van der Waals surface area contributed by atoms with Crippen molar-refractivity contribution in [3.63, 3.8) is 0 Å². The zero-order valence-electron chi connectivity index (χ0n) is 9.28. The fraction of sp³-hybridized carbons (Fsp3) is 0.545. The topological polar surface area (TPSA) is 62.5 Å². The molecule has 1 aromatic heterocycles. The third kappa shape index (κ3) is 3.09. The van der Waals surface area contributed by atoms with E-state index in [1.807, 2.05) is 26.8 Å².